The number of piperidine rings is 1. The molecule has 0 spiro atoms. The van der Waals surface area contributed by atoms with Crippen molar-refractivity contribution in [1.82, 2.24) is 25.0 Å². The summed E-state index contributed by atoms with van der Waals surface area (Å²) in [6.07, 6.45) is 0.587. The van der Waals surface area contributed by atoms with Crippen LogP contribution in [-0.4, -0.2) is 39.5 Å². The lowest BCUT2D eigenvalue weighted by molar-refractivity contribution is -0.127. The Hall–Kier alpha value is -3.92. The molecular weight excluding hydrogens is 481 g/mol. The van der Waals surface area contributed by atoms with Gasteiger partial charge in [0.2, 0.25) is 0 Å². The quantitative estimate of drug-likeness (QED) is 0.357. The van der Waals surface area contributed by atoms with Crippen molar-refractivity contribution in [2.75, 3.05) is 18.8 Å². The number of nitrogens with one attached hydrogen (secondary N) is 2. The summed E-state index contributed by atoms with van der Waals surface area (Å²) in [6.45, 7) is 2.08. The Kier molecular flexibility index (Phi) is 6.84. The fraction of sp³-hybridized carbons (Fsp3) is 0.296. The number of carbonyl (C=O) groups is 1. The summed E-state index contributed by atoms with van der Waals surface area (Å²) in [6, 6.07) is 13.2. The van der Waals surface area contributed by atoms with E-state index in [1.165, 1.54) is 12.1 Å². The zero-order valence-electron chi connectivity index (χ0n) is 20.1. The average molecular weight is 509 g/mol. The molecule has 1 saturated heterocycles. The number of benzene rings is 2. The Morgan fingerprint density at radius 1 is 1.16 bits per heavy atom. The van der Waals surface area contributed by atoms with E-state index in [4.69, 9.17) is 10.7 Å². The Bertz CT molecular complexity index is 1410. The molecule has 192 valence electrons. The van der Waals surface area contributed by atoms with Crippen molar-refractivity contribution in [3.8, 4) is 11.3 Å². The zero-order valence-corrected chi connectivity index (χ0v) is 20.1. The number of anilines is 1. The molecule has 3 heterocycles. The summed E-state index contributed by atoms with van der Waals surface area (Å²) in [7, 11) is 0. The molecule has 7 nitrogen and oxygen atoms in total. The van der Waals surface area contributed by atoms with E-state index in [-0.39, 0.29) is 18.0 Å². The Morgan fingerprint density at radius 2 is 1.95 bits per heavy atom. The van der Waals surface area contributed by atoms with E-state index in [0.29, 0.717) is 28.5 Å². The van der Waals surface area contributed by atoms with E-state index >= 15 is 0 Å². The number of nitrogens with zero attached hydrogens (tertiary/aromatic N) is 3. The summed E-state index contributed by atoms with van der Waals surface area (Å²) in [5, 5.41) is 6.24. The summed E-state index contributed by atoms with van der Waals surface area (Å²) in [5.74, 6) is 0.356. The van der Waals surface area contributed by atoms with Crippen LogP contribution in [0.25, 0.3) is 16.9 Å². The van der Waals surface area contributed by atoms with Crippen LogP contribution < -0.4 is 16.4 Å². The number of nitrogen functional groups attached to an aromatic ring is 1. The van der Waals surface area contributed by atoms with Crippen LogP contribution in [0.2, 0.25) is 0 Å². The van der Waals surface area contributed by atoms with E-state index in [2.05, 4.69) is 15.6 Å². The molecule has 2 aromatic carbocycles. The number of imidazole rings is 1. The van der Waals surface area contributed by atoms with Crippen molar-refractivity contribution in [2.24, 2.45) is 0 Å². The van der Waals surface area contributed by atoms with Gasteiger partial charge in [0.05, 0.1) is 24.0 Å². The zero-order chi connectivity index (χ0) is 26.0. The third-order valence-corrected chi connectivity index (χ3v) is 6.56. The van der Waals surface area contributed by atoms with Crippen LogP contribution in [-0.2, 0) is 13.0 Å². The first-order valence-electron chi connectivity index (χ1n) is 12.1. The van der Waals surface area contributed by atoms with Gasteiger partial charge in [0.1, 0.15) is 0 Å². The molecule has 0 saturated carbocycles. The summed E-state index contributed by atoms with van der Waals surface area (Å²) in [4.78, 5) is 22.0. The fourth-order valence-corrected chi connectivity index (χ4v) is 4.64. The molecule has 0 radical (unpaired) electrons. The van der Waals surface area contributed by atoms with Crippen LogP contribution in [0, 0.1) is 0 Å². The fourth-order valence-electron chi connectivity index (χ4n) is 4.64. The van der Waals surface area contributed by atoms with Crippen LogP contribution in [0.1, 0.15) is 45.9 Å². The highest BCUT2D eigenvalue weighted by Crippen LogP contribution is 2.28. The number of alkyl halides is 3. The van der Waals surface area contributed by atoms with Crippen molar-refractivity contribution in [3.05, 3.63) is 83.3 Å². The molecule has 1 aliphatic rings. The Morgan fingerprint density at radius 3 is 2.68 bits per heavy atom. The van der Waals surface area contributed by atoms with Crippen LogP contribution in [0.4, 0.5) is 19.0 Å². The largest absolute Gasteiger partial charge is 0.393 e. The molecular formula is C27H27F3N6O. The lowest BCUT2D eigenvalue weighted by atomic mass is 9.97. The highest BCUT2D eigenvalue weighted by molar-refractivity contribution is 5.95. The van der Waals surface area contributed by atoms with Gasteiger partial charge < -0.3 is 16.4 Å². The second kappa shape index (κ2) is 10.2. The molecule has 2 aromatic heterocycles. The average Bonchev–Trinajstić information content (AvgIpc) is 3.35. The molecule has 0 bridgehead atoms. The molecule has 4 aromatic rings. The van der Waals surface area contributed by atoms with Crippen LogP contribution in [0.5, 0.6) is 0 Å². The standard InChI is InChI=1S/C27H27F3N6O/c28-27(29,30)12-17-6-8-18(9-7-17)13-34-26(37)20-4-1-3-19(11-20)23-15-33-24(31)25-35-22(16-36(23)25)21-5-2-10-32-14-21/h1,3-4,6-9,11,15-16,21,32H,2,5,10,12-14H2,(H2,31,33)(H,34,37). The van der Waals surface area contributed by atoms with E-state index in [0.717, 1.165) is 42.9 Å². The maximum atomic E-state index is 12.9. The van der Waals surface area contributed by atoms with Gasteiger partial charge in [-0.2, -0.15) is 13.2 Å². The van der Waals surface area contributed by atoms with Crippen molar-refractivity contribution >= 4 is 17.4 Å². The molecule has 10 heteroatoms. The SMILES string of the molecule is Nc1ncc(-c2cccc(C(=O)NCc3ccc(CC(F)(F)F)cc3)c2)n2cc(C3CCCNC3)nc12. The highest BCUT2D eigenvalue weighted by atomic mass is 19.4. The summed E-state index contributed by atoms with van der Waals surface area (Å²) >= 11 is 0. The van der Waals surface area contributed by atoms with Crippen molar-refractivity contribution in [3.63, 3.8) is 0 Å². The smallest absolute Gasteiger partial charge is 0.381 e. The Balaban J connectivity index is 1.33. The predicted molar refractivity (Wildman–Crippen MR) is 135 cm³/mol. The van der Waals surface area contributed by atoms with Crippen LogP contribution in [0.3, 0.4) is 0 Å². The molecule has 1 aliphatic heterocycles. The first-order chi connectivity index (χ1) is 17.8. The number of rotatable bonds is 6. The first-order valence-corrected chi connectivity index (χ1v) is 12.1. The van der Waals surface area contributed by atoms with Crippen molar-refractivity contribution in [1.29, 1.82) is 0 Å². The van der Waals surface area contributed by atoms with Gasteiger partial charge in [0, 0.05) is 36.3 Å². The van der Waals surface area contributed by atoms with E-state index in [1.807, 2.05) is 16.7 Å². The molecule has 0 aliphatic carbocycles. The Labute approximate surface area is 211 Å². The third kappa shape index (κ3) is 5.75. The minimum atomic E-state index is -4.25. The van der Waals surface area contributed by atoms with Gasteiger partial charge >= 0.3 is 6.18 Å². The van der Waals surface area contributed by atoms with Gasteiger partial charge in [-0.3, -0.25) is 9.20 Å². The normalized spacial score (nSPS) is 16.1. The monoisotopic (exact) mass is 508 g/mol. The molecule has 1 unspecified atom stereocenters. The van der Waals surface area contributed by atoms with Crippen molar-refractivity contribution < 1.29 is 18.0 Å². The second-order valence-electron chi connectivity index (χ2n) is 9.30. The van der Waals surface area contributed by atoms with Gasteiger partial charge in [-0.15, -0.1) is 0 Å². The van der Waals surface area contributed by atoms with E-state index < -0.39 is 12.6 Å². The maximum Gasteiger partial charge on any atom is 0.393 e. The summed E-state index contributed by atoms with van der Waals surface area (Å²) in [5.41, 5.74) is 10.6. The number of nitrogens with two attached hydrogens (primary N) is 1. The summed E-state index contributed by atoms with van der Waals surface area (Å²) < 4.78 is 39.6. The third-order valence-electron chi connectivity index (χ3n) is 6.56. The molecule has 4 N–H and O–H groups in total. The molecule has 5 rings (SSSR count). The number of hydrogen-bond acceptors (Lipinski definition) is 5. The topological polar surface area (TPSA) is 97.3 Å². The lowest BCUT2D eigenvalue weighted by Gasteiger charge is -2.20. The molecule has 1 fully saturated rings. The molecule has 1 amide bonds. The number of carbonyl (C=O) groups excluding carboxylic acids is 1. The lowest BCUT2D eigenvalue weighted by Crippen LogP contribution is -2.28. The molecule has 1 atom stereocenters. The number of aromatic nitrogens is 3. The van der Waals surface area contributed by atoms with Gasteiger partial charge in [0.25, 0.3) is 5.91 Å². The minimum Gasteiger partial charge on any atom is -0.381 e. The van der Waals surface area contributed by atoms with Crippen LogP contribution >= 0.6 is 0 Å². The van der Waals surface area contributed by atoms with E-state index in [9.17, 15) is 18.0 Å². The van der Waals surface area contributed by atoms with Crippen molar-refractivity contribution in [2.45, 2.75) is 37.9 Å². The second-order valence-corrected chi connectivity index (χ2v) is 9.30. The van der Waals surface area contributed by atoms with Gasteiger partial charge in [-0.1, -0.05) is 36.4 Å². The highest BCUT2D eigenvalue weighted by Gasteiger charge is 2.27. The number of hydrogen-bond donors (Lipinski definition) is 3. The first kappa shape index (κ1) is 24.8. The van der Waals surface area contributed by atoms with Gasteiger partial charge in [-0.05, 0) is 42.6 Å². The number of fused-ring (bicyclic) bond motifs is 1. The van der Waals surface area contributed by atoms with Crippen LogP contribution in [0.15, 0.2) is 60.9 Å². The van der Waals surface area contributed by atoms with E-state index in [1.54, 1.807) is 36.5 Å². The number of halogens is 3. The minimum absolute atomic E-state index is 0.182. The maximum absolute atomic E-state index is 12.9. The van der Waals surface area contributed by atoms with Gasteiger partial charge in [0.15, 0.2) is 11.5 Å². The van der Waals surface area contributed by atoms with Gasteiger partial charge in [-0.25, -0.2) is 9.97 Å². The number of amides is 1. The molecule has 37 heavy (non-hydrogen) atoms. The predicted octanol–water partition coefficient (Wildman–Crippen LogP) is 4.48.